The fourth-order valence-corrected chi connectivity index (χ4v) is 4.81. The second kappa shape index (κ2) is 8.88. The Labute approximate surface area is 167 Å². The van der Waals surface area contributed by atoms with E-state index in [9.17, 15) is 13.2 Å². The minimum absolute atomic E-state index is 0.0795. The summed E-state index contributed by atoms with van der Waals surface area (Å²) in [4.78, 5) is 14.7. The molecule has 1 fully saturated rings. The van der Waals surface area contributed by atoms with Crippen molar-refractivity contribution in [2.45, 2.75) is 50.5 Å². The summed E-state index contributed by atoms with van der Waals surface area (Å²) in [6, 6.07) is 14.6. The predicted molar refractivity (Wildman–Crippen MR) is 111 cm³/mol. The molecule has 5 nitrogen and oxygen atoms in total. The molecule has 1 aliphatic rings. The topological polar surface area (TPSA) is 66.5 Å². The van der Waals surface area contributed by atoms with Gasteiger partial charge in [-0.2, -0.15) is 0 Å². The second-order valence-electron chi connectivity index (χ2n) is 7.52. The molecule has 6 heteroatoms. The van der Waals surface area contributed by atoms with Gasteiger partial charge in [-0.25, -0.2) is 13.1 Å². The van der Waals surface area contributed by atoms with Crippen LogP contribution >= 0.6 is 0 Å². The molecule has 1 amide bonds. The third kappa shape index (κ3) is 5.00. The van der Waals surface area contributed by atoms with E-state index >= 15 is 0 Å². The van der Waals surface area contributed by atoms with Gasteiger partial charge >= 0.3 is 0 Å². The van der Waals surface area contributed by atoms with E-state index in [-0.39, 0.29) is 16.8 Å². The van der Waals surface area contributed by atoms with E-state index in [0.29, 0.717) is 12.0 Å². The van der Waals surface area contributed by atoms with Gasteiger partial charge in [0.05, 0.1) is 4.90 Å². The number of carbonyl (C=O) groups excluding carboxylic acids is 1. The van der Waals surface area contributed by atoms with E-state index in [1.807, 2.05) is 44.2 Å². The molecule has 0 radical (unpaired) electrons. The Balaban J connectivity index is 1.70. The van der Waals surface area contributed by atoms with Crippen molar-refractivity contribution in [3.63, 3.8) is 0 Å². The molecular formula is C22H28N2O3S. The molecule has 0 spiro atoms. The number of hydrogen-bond acceptors (Lipinski definition) is 3. The molecule has 1 saturated heterocycles. The predicted octanol–water partition coefficient (Wildman–Crippen LogP) is 3.53. The molecular weight excluding hydrogens is 372 g/mol. The molecule has 1 atom stereocenters. The van der Waals surface area contributed by atoms with E-state index in [4.69, 9.17) is 0 Å². The molecule has 2 aromatic carbocycles. The van der Waals surface area contributed by atoms with E-state index in [2.05, 4.69) is 4.72 Å². The third-order valence-electron chi connectivity index (χ3n) is 5.21. The van der Waals surface area contributed by atoms with Crippen LogP contribution in [-0.4, -0.2) is 38.4 Å². The maximum atomic E-state index is 12.8. The summed E-state index contributed by atoms with van der Waals surface area (Å²) in [6.07, 6.45) is 3.51. The Morgan fingerprint density at radius 3 is 2.46 bits per heavy atom. The molecule has 0 aliphatic carbocycles. The summed E-state index contributed by atoms with van der Waals surface area (Å²) < 4.78 is 28.4. The van der Waals surface area contributed by atoms with E-state index < -0.39 is 10.0 Å². The van der Waals surface area contributed by atoms with Gasteiger partial charge in [-0.1, -0.05) is 36.4 Å². The number of amides is 1. The fraction of sp³-hybridized carbons (Fsp3) is 0.409. The molecule has 1 aliphatic heterocycles. The second-order valence-corrected chi connectivity index (χ2v) is 9.24. The minimum atomic E-state index is -3.68. The van der Waals surface area contributed by atoms with Crippen LogP contribution in [0.25, 0.3) is 0 Å². The van der Waals surface area contributed by atoms with Crippen LogP contribution < -0.4 is 4.72 Å². The highest BCUT2D eigenvalue weighted by Gasteiger charge is 2.24. The molecule has 0 unspecified atom stereocenters. The highest BCUT2D eigenvalue weighted by molar-refractivity contribution is 7.89. The van der Waals surface area contributed by atoms with Gasteiger partial charge in [0, 0.05) is 24.7 Å². The average Bonchev–Trinajstić information content (AvgIpc) is 3.21. The van der Waals surface area contributed by atoms with Crippen molar-refractivity contribution in [2.75, 3.05) is 13.1 Å². The molecule has 1 heterocycles. The van der Waals surface area contributed by atoms with Gasteiger partial charge in [-0.3, -0.25) is 4.79 Å². The lowest BCUT2D eigenvalue weighted by molar-refractivity contribution is 0.0792. The van der Waals surface area contributed by atoms with Crippen LogP contribution in [0.5, 0.6) is 0 Å². The number of hydrogen-bond donors (Lipinski definition) is 1. The SMILES string of the molecule is Cc1ccc(S(=O)(=O)N[C@H](C)CCc2ccccc2)cc1C(=O)N1CCCC1. The summed E-state index contributed by atoms with van der Waals surface area (Å²) in [5.74, 6) is -0.0795. The fourth-order valence-electron chi connectivity index (χ4n) is 3.51. The van der Waals surface area contributed by atoms with Gasteiger partial charge in [-0.15, -0.1) is 0 Å². The zero-order valence-corrected chi connectivity index (χ0v) is 17.3. The van der Waals surface area contributed by atoms with Gasteiger partial charge in [-0.05, 0) is 62.8 Å². The largest absolute Gasteiger partial charge is 0.339 e. The number of rotatable bonds is 7. The van der Waals surface area contributed by atoms with Crippen molar-refractivity contribution in [3.05, 3.63) is 65.2 Å². The summed E-state index contributed by atoms with van der Waals surface area (Å²) >= 11 is 0. The van der Waals surface area contributed by atoms with Crippen LogP contribution in [0.4, 0.5) is 0 Å². The molecule has 150 valence electrons. The number of nitrogens with one attached hydrogen (secondary N) is 1. The normalized spacial score (nSPS) is 15.6. The van der Waals surface area contributed by atoms with Crippen molar-refractivity contribution in [1.29, 1.82) is 0 Å². The number of aryl methyl sites for hydroxylation is 2. The monoisotopic (exact) mass is 400 g/mol. The summed E-state index contributed by atoms with van der Waals surface area (Å²) in [7, 11) is -3.68. The first-order valence-electron chi connectivity index (χ1n) is 9.83. The lowest BCUT2D eigenvalue weighted by atomic mass is 10.1. The number of nitrogens with zero attached hydrogens (tertiary/aromatic N) is 1. The Hall–Kier alpha value is -2.18. The molecule has 0 saturated carbocycles. The summed E-state index contributed by atoms with van der Waals surface area (Å²) in [5, 5.41) is 0. The number of sulfonamides is 1. The summed E-state index contributed by atoms with van der Waals surface area (Å²) in [5.41, 5.74) is 2.46. The van der Waals surface area contributed by atoms with Crippen LogP contribution in [-0.2, 0) is 16.4 Å². The quantitative estimate of drug-likeness (QED) is 0.773. The lowest BCUT2D eigenvalue weighted by Gasteiger charge is -2.18. The first-order chi connectivity index (χ1) is 13.4. The third-order valence-corrected chi connectivity index (χ3v) is 6.80. The van der Waals surface area contributed by atoms with Gasteiger partial charge in [0.2, 0.25) is 10.0 Å². The number of carbonyl (C=O) groups is 1. The summed E-state index contributed by atoms with van der Waals surface area (Å²) in [6.45, 7) is 5.19. The highest BCUT2D eigenvalue weighted by Crippen LogP contribution is 2.20. The van der Waals surface area contributed by atoms with Crippen molar-refractivity contribution >= 4 is 15.9 Å². The van der Waals surface area contributed by atoms with Crippen molar-refractivity contribution in [1.82, 2.24) is 9.62 Å². The van der Waals surface area contributed by atoms with E-state index in [1.54, 1.807) is 17.0 Å². The maximum Gasteiger partial charge on any atom is 0.254 e. The van der Waals surface area contributed by atoms with Crippen molar-refractivity contribution in [3.8, 4) is 0 Å². The van der Waals surface area contributed by atoms with Crippen molar-refractivity contribution in [2.24, 2.45) is 0 Å². The first-order valence-corrected chi connectivity index (χ1v) is 11.3. The van der Waals surface area contributed by atoms with Crippen LogP contribution in [0.15, 0.2) is 53.4 Å². The van der Waals surface area contributed by atoms with E-state index in [0.717, 1.165) is 37.9 Å². The average molecular weight is 401 g/mol. The Morgan fingerprint density at radius 1 is 1.11 bits per heavy atom. The van der Waals surface area contributed by atoms with Crippen LogP contribution in [0.2, 0.25) is 0 Å². The molecule has 1 N–H and O–H groups in total. The van der Waals surface area contributed by atoms with Crippen LogP contribution in [0.3, 0.4) is 0 Å². The molecule has 28 heavy (non-hydrogen) atoms. The van der Waals surface area contributed by atoms with Crippen LogP contribution in [0, 0.1) is 6.92 Å². The number of likely N-dealkylation sites (tertiary alicyclic amines) is 1. The molecule has 0 aromatic heterocycles. The lowest BCUT2D eigenvalue weighted by Crippen LogP contribution is -2.33. The minimum Gasteiger partial charge on any atom is -0.339 e. The Morgan fingerprint density at radius 2 is 1.79 bits per heavy atom. The highest BCUT2D eigenvalue weighted by atomic mass is 32.2. The van der Waals surface area contributed by atoms with Gasteiger partial charge in [0.1, 0.15) is 0 Å². The Kier molecular flexibility index (Phi) is 6.52. The molecule has 2 aromatic rings. The van der Waals surface area contributed by atoms with E-state index in [1.165, 1.54) is 11.6 Å². The maximum absolute atomic E-state index is 12.8. The first kappa shape index (κ1) is 20.6. The molecule has 0 bridgehead atoms. The van der Waals surface area contributed by atoms with Crippen LogP contribution in [0.1, 0.15) is 47.7 Å². The standard InChI is InChI=1S/C22H28N2O3S/c1-17-10-13-20(16-21(17)22(25)24-14-6-7-15-24)28(26,27)23-18(2)11-12-19-8-4-3-5-9-19/h3-5,8-10,13,16,18,23H,6-7,11-12,14-15H2,1-2H3/t18-/m1/s1. The van der Waals surface area contributed by atoms with Crippen molar-refractivity contribution < 1.29 is 13.2 Å². The zero-order valence-electron chi connectivity index (χ0n) is 16.5. The Bertz CT molecular complexity index is 920. The van der Waals surface area contributed by atoms with Gasteiger partial charge < -0.3 is 4.90 Å². The van der Waals surface area contributed by atoms with Gasteiger partial charge in [0.25, 0.3) is 5.91 Å². The van der Waals surface area contributed by atoms with Gasteiger partial charge in [0.15, 0.2) is 0 Å². The smallest absolute Gasteiger partial charge is 0.254 e. The molecule has 3 rings (SSSR count). The number of benzene rings is 2. The zero-order chi connectivity index (χ0) is 20.1.